The monoisotopic (exact) mass is 238 g/mol. The molecule has 96 valence electrons. The van der Waals surface area contributed by atoms with Crippen molar-refractivity contribution in [2.24, 2.45) is 17.1 Å². The number of hydrogen-bond acceptors (Lipinski definition) is 3. The van der Waals surface area contributed by atoms with Crippen molar-refractivity contribution < 1.29 is 9.21 Å². The van der Waals surface area contributed by atoms with E-state index < -0.39 is 0 Å². The maximum atomic E-state index is 11.8. The van der Waals surface area contributed by atoms with Gasteiger partial charge in [-0.2, -0.15) is 0 Å². The van der Waals surface area contributed by atoms with Gasteiger partial charge < -0.3 is 15.5 Å². The number of furan rings is 1. The van der Waals surface area contributed by atoms with Crippen molar-refractivity contribution in [3.63, 3.8) is 0 Å². The van der Waals surface area contributed by atoms with E-state index in [9.17, 15) is 4.79 Å². The zero-order valence-electron chi connectivity index (χ0n) is 11.0. The molecule has 0 bridgehead atoms. The molecule has 4 heteroatoms. The summed E-state index contributed by atoms with van der Waals surface area (Å²) in [6, 6.07) is 3.38. The number of rotatable bonds is 5. The molecule has 0 atom stereocenters. The Morgan fingerprint density at radius 2 is 2.12 bits per heavy atom. The number of carbonyl (C=O) groups excluding carboxylic acids is 1. The highest BCUT2D eigenvalue weighted by Crippen LogP contribution is 2.24. The van der Waals surface area contributed by atoms with Crippen LogP contribution in [0.25, 0.3) is 0 Å². The van der Waals surface area contributed by atoms with Gasteiger partial charge in [0.05, 0.1) is 6.54 Å². The fraction of sp³-hybridized carbons (Fsp3) is 0.615. The van der Waals surface area contributed by atoms with Crippen molar-refractivity contribution in [1.29, 1.82) is 0 Å². The van der Waals surface area contributed by atoms with Crippen LogP contribution in [-0.2, 0) is 6.54 Å². The molecule has 1 aromatic heterocycles. The Hall–Kier alpha value is -1.29. The van der Waals surface area contributed by atoms with Gasteiger partial charge in [-0.25, -0.2) is 0 Å². The van der Waals surface area contributed by atoms with Gasteiger partial charge in [0.2, 0.25) is 0 Å². The third-order valence-electron chi connectivity index (χ3n) is 3.35. The molecule has 3 N–H and O–H groups in total. The van der Waals surface area contributed by atoms with E-state index in [1.165, 1.54) is 0 Å². The van der Waals surface area contributed by atoms with Crippen LogP contribution < -0.4 is 11.1 Å². The molecule has 0 aliphatic heterocycles. The van der Waals surface area contributed by atoms with Crippen LogP contribution in [0.15, 0.2) is 16.5 Å². The number of nitrogens with one attached hydrogen (secondary N) is 1. The van der Waals surface area contributed by atoms with E-state index in [0.29, 0.717) is 30.5 Å². The van der Waals surface area contributed by atoms with E-state index in [2.05, 4.69) is 33.0 Å². The quantitative estimate of drug-likeness (QED) is 0.826. The summed E-state index contributed by atoms with van der Waals surface area (Å²) in [7, 11) is 0. The summed E-state index contributed by atoms with van der Waals surface area (Å²) < 4.78 is 5.28. The van der Waals surface area contributed by atoms with Gasteiger partial charge in [-0.3, -0.25) is 4.79 Å². The molecule has 1 rings (SSSR count). The van der Waals surface area contributed by atoms with Gasteiger partial charge in [0.15, 0.2) is 5.76 Å². The fourth-order valence-corrected chi connectivity index (χ4v) is 1.21. The first-order valence-corrected chi connectivity index (χ1v) is 5.94. The SMILES string of the molecule is CC(C)C(C)(C)CNC(=O)c1ccc(CN)o1. The van der Waals surface area contributed by atoms with Crippen molar-refractivity contribution in [3.8, 4) is 0 Å². The molecule has 0 fully saturated rings. The maximum Gasteiger partial charge on any atom is 0.287 e. The van der Waals surface area contributed by atoms with Crippen molar-refractivity contribution in [1.82, 2.24) is 5.32 Å². The highest BCUT2D eigenvalue weighted by molar-refractivity contribution is 5.91. The number of amides is 1. The van der Waals surface area contributed by atoms with E-state index in [1.54, 1.807) is 12.1 Å². The summed E-state index contributed by atoms with van der Waals surface area (Å²) in [5.41, 5.74) is 5.49. The number of hydrogen-bond donors (Lipinski definition) is 2. The lowest BCUT2D eigenvalue weighted by Gasteiger charge is -2.29. The van der Waals surface area contributed by atoms with Crippen molar-refractivity contribution >= 4 is 5.91 Å². The van der Waals surface area contributed by atoms with Crippen LogP contribution in [0, 0.1) is 11.3 Å². The third-order valence-corrected chi connectivity index (χ3v) is 3.35. The van der Waals surface area contributed by atoms with Crippen molar-refractivity contribution in [2.75, 3.05) is 6.54 Å². The van der Waals surface area contributed by atoms with Crippen molar-refractivity contribution in [2.45, 2.75) is 34.2 Å². The second kappa shape index (κ2) is 5.36. The molecule has 17 heavy (non-hydrogen) atoms. The minimum absolute atomic E-state index is 0.0684. The van der Waals surface area contributed by atoms with Gasteiger partial charge in [-0.05, 0) is 23.5 Å². The van der Waals surface area contributed by atoms with Crippen LogP contribution in [0.3, 0.4) is 0 Å². The minimum Gasteiger partial charge on any atom is -0.455 e. The van der Waals surface area contributed by atoms with E-state index in [-0.39, 0.29) is 11.3 Å². The van der Waals surface area contributed by atoms with Crippen LogP contribution in [0.5, 0.6) is 0 Å². The van der Waals surface area contributed by atoms with Crippen LogP contribution in [0.4, 0.5) is 0 Å². The summed E-state index contributed by atoms with van der Waals surface area (Å²) in [6.45, 7) is 9.49. The second-order valence-electron chi connectivity index (χ2n) is 5.30. The summed E-state index contributed by atoms with van der Waals surface area (Å²) in [5.74, 6) is 1.26. The molecule has 1 aromatic rings. The van der Waals surface area contributed by atoms with Crippen molar-refractivity contribution in [3.05, 3.63) is 23.7 Å². The first-order valence-electron chi connectivity index (χ1n) is 5.94. The fourth-order valence-electron chi connectivity index (χ4n) is 1.21. The zero-order chi connectivity index (χ0) is 13.1. The van der Waals surface area contributed by atoms with E-state index in [4.69, 9.17) is 10.2 Å². The lowest BCUT2D eigenvalue weighted by Crippen LogP contribution is -2.36. The standard InChI is InChI=1S/C13H22N2O2/c1-9(2)13(3,4)8-15-12(16)11-6-5-10(7-14)17-11/h5-6,9H,7-8,14H2,1-4H3,(H,15,16). The molecule has 0 aliphatic carbocycles. The lowest BCUT2D eigenvalue weighted by atomic mass is 9.81. The molecule has 0 radical (unpaired) electrons. The molecule has 0 saturated heterocycles. The van der Waals surface area contributed by atoms with E-state index in [0.717, 1.165) is 0 Å². The van der Waals surface area contributed by atoms with E-state index >= 15 is 0 Å². The second-order valence-corrected chi connectivity index (χ2v) is 5.30. The summed E-state index contributed by atoms with van der Waals surface area (Å²) >= 11 is 0. The minimum atomic E-state index is -0.182. The Morgan fingerprint density at radius 1 is 1.47 bits per heavy atom. The van der Waals surface area contributed by atoms with Crippen LogP contribution in [0.2, 0.25) is 0 Å². The van der Waals surface area contributed by atoms with E-state index in [1.807, 2.05) is 0 Å². The Bertz CT molecular complexity index is 381. The number of carbonyl (C=O) groups is 1. The summed E-state index contributed by atoms with van der Waals surface area (Å²) in [4.78, 5) is 11.8. The molecule has 0 aromatic carbocycles. The molecular weight excluding hydrogens is 216 g/mol. The van der Waals surface area contributed by atoms with Crippen LogP contribution >= 0.6 is 0 Å². The topological polar surface area (TPSA) is 68.3 Å². The Balaban J connectivity index is 2.56. The molecular formula is C13H22N2O2. The molecule has 0 unspecified atom stereocenters. The predicted molar refractivity (Wildman–Crippen MR) is 67.6 cm³/mol. The lowest BCUT2D eigenvalue weighted by molar-refractivity contribution is 0.0895. The first-order chi connectivity index (χ1) is 7.86. The third kappa shape index (κ3) is 3.60. The Labute approximate surface area is 103 Å². The normalized spacial score (nSPS) is 11.9. The van der Waals surface area contributed by atoms with Crippen LogP contribution in [-0.4, -0.2) is 12.5 Å². The van der Waals surface area contributed by atoms with Gasteiger partial charge in [0.1, 0.15) is 5.76 Å². The first kappa shape index (κ1) is 13.8. The highest BCUT2D eigenvalue weighted by Gasteiger charge is 2.23. The summed E-state index contributed by atoms with van der Waals surface area (Å²) in [6.07, 6.45) is 0. The molecule has 0 aliphatic rings. The van der Waals surface area contributed by atoms with Gasteiger partial charge in [0.25, 0.3) is 5.91 Å². The molecule has 4 nitrogen and oxygen atoms in total. The Kier molecular flexibility index (Phi) is 4.34. The smallest absolute Gasteiger partial charge is 0.287 e. The Morgan fingerprint density at radius 3 is 2.59 bits per heavy atom. The summed E-state index contributed by atoms with van der Waals surface area (Å²) in [5, 5.41) is 2.88. The van der Waals surface area contributed by atoms with Crippen LogP contribution in [0.1, 0.15) is 44.0 Å². The zero-order valence-corrected chi connectivity index (χ0v) is 11.0. The average Bonchev–Trinajstić information content (AvgIpc) is 2.74. The van der Waals surface area contributed by atoms with Gasteiger partial charge >= 0.3 is 0 Å². The maximum absolute atomic E-state index is 11.8. The molecule has 1 heterocycles. The van der Waals surface area contributed by atoms with Gasteiger partial charge in [-0.1, -0.05) is 27.7 Å². The number of nitrogens with two attached hydrogens (primary N) is 1. The van der Waals surface area contributed by atoms with Gasteiger partial charge in [-0.15, -0.1) is 0 Å². The largest absolute Gasteiger partial charge is 0.455 e. The average molecular weight is 238 g/mol. The molecule has 1 amide bonds. The molecule has 0 saturated carbocycles. The van der Waals surface area contributed by atoms with Gasteiger partial charge in [0, 0.05) is 6.54 Å². The highest BCUT2D eigenvalue weighted by atomic mass is 16.4. The predicted octanol–water partition coefficient (Wildman–Crippen LogP) is 2.15. The molecule has 0 spiro atoms.